The van der Waals surface area contributed by atoms with Gasteiger partial charge in [-0.1, -0.05) is 24.3 Å². The molecular weight excluding hydrogens is 464 g/mol. The number of amides is 2. The molecule has 0 bridgehead atoms. The zero-order chi connectivity index (χ0) is 25.2. The van der Waals surface area contributed by atoms with Gasteiger partial charge in [-0.15, -0.1) is 0 Å². The Labute approximate surface area is 208 Å². The number of nitrogens with one attached hydrogen (secondary N) is 2. The molecule has 3 heterocycles. The third-order valence-corrected chi connectivity index (χ3v) is 9.38. The molecule has 2 amide bonds. The van der Waals surface area contributed by atoms with E-state index in [0.717, 1.165) is 30.4 Å². The molecule has 8 nitrogen and oxygen atoms in total. The Hall–Kier alpha value is -2.65. The molecule has 0 unspecified atom stereocenters. The third-order valence-electron chi connectivity index (χ3n) is 7.31. The van der Waals surface area contributed by atoms with E-state index in [1.165, 1.54) is 4.31 Å². The maximum Gasteiger partial charge on any atom is 0.257 e. The van der Waals surface area contributed by atoms with Gasteiger partial charge in [0.15, 0.2) is 0 Å². The predicted molar refractivity (Wildman–Crippen MR) is 135 cm³/mol. The van der Waals surface area contributed by atoms with E-state index in [1.54, 1.807) is 18.7 Å². The second kappa shape index (κ2) is 10.5. The van der Waals surface area contributed by atoms with E-state index in [0.29, 0.717) is 43.9 Å². The van der Waals surface area contributed by atoms with Crippen LogP contribution in [0.5, 0.6) is 0 Å². The Morgan fingerprint density at radius 2 is 1.63 bits per heavy atom. The van der Waals surface area contributed by atoms with E-state index in [-0.39, 0.29) is 41.3 Å². The average molecular weight is 501 g/mol. The summed E-state index contributed by atoms with van der Waals surface area (Å²) < 4.78 is 28.8. The third kappa shape index (κ3) is 5.30. The van der Waals surface area contributed by atoms with Gasteiger partial charge in [0.2, 0.25) is 15.9 Å². The number of nitrogens with zero attached hydrogens (tertiary/aromatic N) is 2. The maximum atomic E-state index is 13.7. The molecule has 2 aliphatic heterocycles. The van der Waals surface area contributed by atoms with Crippen LogP contribution < -0.4 is 5.32 Å². The summed E-state index contributed by atoms with van der Waals surface area (Å²) in [7, 11) is -3.87. The van der Waals surface area contributed by atoms with Crippen LogP contribution in [0.2, 0.25) is 0 Å². The maximum absolute atomic E-state index is 13.7. The average Bonchev–Trinajstić information content (AvgIpc) is 3.17. The van der Waals surface area contributed by atoms with Gasteiger partial charge in [0.1, 0.15) is 4.90 Å². The lowest BCUT2D eigenvalue weighted by Crippen LogP contribution is -2.43. The highest BCUT2D eigenvalue weighted by Crippen LogP contribution is 2.31. The largest absolute Gasteiger partial charge is 0.361 e. The van der Waals surface area contributed by atoms with Crippen molar-refractivity contribution in [3.63, 3.8) is 0 Å². The fourth-order valence-electron chi connectivity index (χ4n) is 5.22. The van der Waals surface area contributed by atoms with E-state index in [4.69, 9.17) is 0 Å². The van der Waals surface area contributed by atoms with Crippen LogP contribution in [0, 0.1) is 26.7 Å². The summed E-state index contributed by atoms with van der Waals surface area (Å²) in [6.07, 6.45) is 3.88. The van der Waals surface area contributed by atoms with Gasteiger partial charge in [-0.05, 0) is 64.0 Å². The summed E-state index contributed by atoms with van der Waals surface area (Å²) >= 11 is 0. The highest BCUT2D eigenvalue weighted by molar-refractivity contribution is 7.89. The number of aryl methyl sites for hydroxylation is 3. The van der Waals surface area contributed by atoms with E-state index in [1.807, 2.05) is 31.2 Å². The van der Waals surface area contributed by atoms with Gasteiger partial charge < -0.3 is 15.2 Å². The van der Waals surface area contributed by atoms with Crippen molar-refractivity contribution in [2.24, 2.45) is 5.92 Å². The molecule has 2 aliphatic rings. The van der Waals surface area contributed by atoms with Gasteiger partial charge in [-0.2, -0.15) is 4.31 Å². The molecule has 0 saturated carbocycles. The fraction of sp³-hybridized carbons (Fsp3) is 0.538. The molecule has 1 aromatic carbocycles. The molecule has 190 valence electrons. The number of sulfonamides is 1. The first-order valence-electron chi connectivity index (χ1n) is 12.5. The molecule has 2 saturated heterocycles. The zero-order valence-electron chi connectivity index (χ0n) is 20.9. The molecule has 4 rings (SSSR count). The van der Waals surface area contributed by atoms with Crippen LogP contribution in [0.25, 0.3) is 0 Å². The minimum atomic E-state index is -3.87. The standard InChI is InChI=1S/C26H36N4O4S/c1-18-9-5-6-10-22(18)17-27-25(31)21-11-15-30(16-12-21)35(33,34)24-20(3)28-19(2)23(24)26(32)29-13-7-4-8-14-29/h5-6,9-10,21,28H,4,7-8,11-17H2,1-3H3,(H,27,31). The van der Waals surface area contributed by atoms with Crippen LogP contribution >= 0.6 is 0 Å². The second-order valence-corrected chi connectivity index (χ2v) is 11.6. The number of hydrogen-bond donors (Lipinski definition) is 2. The molecule has 1 aromatic heterocycles. The first-order valence-corrected chi connectivity index (χ1v) is 13.9. The molecular formula is C26H36N4O4S. The monoisotopic (exact) mass is 500 g/mol. The number of hydrogen-bond acceptors (Lipinski definition) is 4. The molecule has 9 heteroatoms. The van der Waals surface area contributed by atoms with Crippen LogP contribution in [0.4, 0.5) is 0 Å². The summed E-state index contributed by atoms with van der Waals surface area (Å²) in [5, 5.41) is 3.01. The van der Waals surface area contributed by atoms with Gasteiger partial charge in [0, 0.05) is 50.0 Å². The molecule has 0 atom stereocenters. The molecule has 0 aliphatic carbocycles. The van der Waals surface area contributed by atoms with Crippen LogP contribution in [-0.2, 0) is 21.4 Å². The molecule has 2 aromatic rings. The van der Waals surface area contributed by atoms with E-state index >= 15 is 0 Å². The van der Waals surface area contributed by atoms with Crippen molar-refractivity contribution >= 4 is 21.8 Å². The summed E-state index contributed by atoms with van der Waals surface area (Å²) in [6.45, 7) is 7.77. The van der Waals surface area contributed by atoms with Gasteiger partial charge in [0.25, 0.3) is 5.91 Å². The topological polar surface area (TPSA) is 103 Å². The number of carbonyl (C=O) groups excluding carboxylic acids is 2. The predicted octanol–water partition coefficient (Wildman–Crippen LogP) is 3.28. The Balaban J connectivity index is 1.44. The number of aromatic amines is 1. The van der Waals surface area contributed by atoms with Crippen LogP contribution in [0.3, 0.4) is 0 Å². The van der Waals surface area contributed by atoms with Crippen molar-refractivity contribution < 1.29 is 18.0 Å². The molecule has 2 N–H and O–H groups in total. The Kier molecular flexibility index (Phi) is 7.66. The number of piperidine rings is 2. The molecule has 0 spiro atoms. The number of rotatable bonds is 6. The minimum Gasteiger partial charge on any atom is -0.361 e. The normalized spacial score (nSPS) is 18.0. The van der Waals surface area contributed by atoms with Crippen LogP contribution in [0.1, 0.15) is 65.0 Å². The van der Waals surface area contributed by atoms with E-state index in [9.17, 15) is 18.0 Å². The second-order valence-electron chi connectivity index (χ2n) is 9.75. The molecule has 0 radical (unpaired) electrons. The summed E-state index contributed by atoms with van der Waals surface area (Å²) in [6, 6.07) is 7.93. The SMILES string of the molecule is Cc1ccccc1CNC(=O)C1CCN(S(=O)(=O)c2c(C)[nH]c(C)c2C(=O)N2CCCCC2)CC1. The van der Waals surface area contributed by atoms with Crippen molar-refractivity contribution in [3.05, 3.63) is 52.3 Å². The summed E-state index contributed by atoms with van der Waals surface area (Å²) in [4.78, 5) is 31.0. The molecule has 2 fully saturated rings. The smallest absolute Gasteiger partial charge is 0.257 e. The van der Waals surface area contributed by atoms with E-state index < -0.39 is 10.0 Å². The number of likely N-dealkylation sites (tertiary alicyclic amines) is 1. The minimum absolute atomic E-state index is 0.0417. The van der Waals surface area contributed by atoms with Crippen molar-refractivity contribution in [3.8, 4) is 0 Å². The Morgan fingerprint density at radius 3 is 2.29 bits per heavy atom. The number of benzene rings is 1. The number of H-pyrrole nitrogens is 1. The lowest BCUT2D eigenvalue weighted by Gasteiger charge is -2.31. The van der Waals surface area contributed by atoms with Gasteiger partial charge in [-0.3, -0.25) is 9.59 Å². The highest BCUT2D eigenvalue weighted by Gasteiger charge is 2.38. The van der Waals surface area contributed by atoms with Crippen molar-refractivity contribution in [2.75, 3.05) is 26.2 Å². The van der Waals surface area contributed by atoms with Crippen LogP contribution in [-0.4, -0.2) is 60.6 Å². The quantitative estimate of drug-likeness (QED) is 0.635. The lowest BCUT2D eigenvalue weighted by atomic mass is 9.97. The zero-order valence-corrected chi connectivity index (χ0v) is 21.7. The number of carbonyl (C=O) groups is 2. The Bertz CT molecular complexity index is 1190. The van der Waals surface area contributed by atoms with Gasteiger partial charge in [-0.25, -0.2) is 8.42 Å². The number of aromatic nitrogens is 1. The lowest BCUT2D eigenvalue weighted by molar-refractivity contribution is -0.126. The van der Waals surface area contributed by atoms with Crippen molar-refractivity contribution in [1.29, 1.82) is 0 Å². The highest BCUT2D eigenvalue weighted by atomic mass is 32.2. The fourth-order valence-corrected chi connectivity index (χ4v) is 7.10. The van der Waals surface area contributed by atoms with Crippen molar-refractivity contribution in [2.45, 2.75) is 64.3 Å². The van der Waals surface area contributed by atoms with Crippen molar-refractivity contribution in [1.82, 2.24) is 19.5 Å². The Morgan fingerprint density at radius 1 is 0.971 bits per heavy atom. The first-order chi connectivity index (χ1) is 16.7. The molecule has 35 heavy (non-hydrogen) atoms. The first kappa shape index (κ1) is 25.4. The van der Waals surface area contributed by atoms with E-state index in [2.05, 4.69) is 10.3 Å². The van der Waals surface area contributed by atoms with Crippen LogP contribution in [0.15, 0.2) is 29.2 Å². The summed E-state index contributed by atoms with van der Waals surface area (Å²) in [5.41, 5.74) is 3.54. The summed E-state index contributed by atoms with van der Waals surface area (Å²) in [5.74, 6) is -0.482. The van der Waals surface area contributed by atoms with Gasteiger partial charge in [0.05, 0.1) is 5.56 Å². The van der Waals surface area contributed by atoms with Gasteiger partial charge >= 0.3 is 0 Å².